The molecule has 0 spiro atoms. The highest BCUT2D eigenvalue weighted by atomic mass is 35.5. The lowest BCUT2D eigenvalue weighted by Gasteiger charge is -2.10. The first-order valence-corrected chi connectivity index (χ1v) is 8.26. The average molecular weight is 318 g/mol. The average Bonchev–Trinajstić information content (AvgIpc) is 2.89. The fourth-order valence-electron chi connectivity index (χ4n) is 2.04. The molecule has 20 heavy (non-hydrogen) atoms. The Hall–Kier alpha value is -1.11. The molecule has 1 N–H and O–H groups in total. The molecule has 1 aliphatic heterocycles. The largest absolute Gasteiger partial charge is 0.378 e. The van der Waals surface area contributed by atoms with Crippen LogP contribution in [0.5, 0.6) is 0 Å². The van der Waals surface area contributed by atoms with Gasteiger partial charge in [0.25, 0.3) is 10.0 Å². The first-order valence-electron chi connectivity index (χ1n) is 6.40. The molecule has 2 rings (SSSR count). The summed E-state index contributed by atoms with van der Waals surface area (Å²) in [4.78, 5) is 11.7. The predicted molar refractivity (Wildman–Crippen MR) is 75.0 cm³/mol. The van der Waals surface area contributed by atoms with Gasteiger partial charge in [-0.1, -0.05) is 11.6 Å². The zero-order valence-electron chi connectivity index (χ0n) is 10.8. The molecule has 5 nitrogen and oxygen atoms in total. The Labute approximate surface area is 123 Å². The van der Waals surface area contributed by atoms with Gasteiger partial charge in [0, 0.05) is 18.1 Å². The Balaban J connectivity index is 1.90. The van der Waals surface area contributed by atoms with Crippen LogP contribution in [0.25, 0.3) is 0 Å². The number of rotatable bonds is 5. The van der Waals surface area contributed by atoms with Crippen LogP contribution < -0.4 is 4.72 Å². The molecule has 1 heterocycles. The third kappa shape index (κ3) is 4.19. The van der Waals surface area contributed by atoms with E-state index in [9.17, 15) is 13.2 Å². The fourth-order valence-corrected chi connectivity index (χ4v) is 3.18. The van der Waals surface area contributed by atoms with Gasteiger partial charge in [-0.2, -0.15) is 0 Å². The summed E-state index contributed by atoms with van der Waals surface area (Å²) in [6, 6.07) is 5.65. The molecule has 0 bridgehead atoms. The Bertz CT molecular complexity index is 565. The summed E-state index contributed by atoms with van der Waals surface area (Å²) in [5, 5.41) is 0.439. The number of benzene rings is 1. The zero-order valence-corrected chi connectivity index (χ0v) is 12.4. The maximum absolute atomic E-state index is 11.9. The highest BCUT2D eigenvalue weighted by Gasteiger charge is 2.20. The summed E-state index contributed by atoms with van der Waals surface area (Å²) in [5.74, 6) is -0.518. The number of hydrogen-bond acceptors (Lipinski definition) is 4. The molecule has 1 saturated heterocycles. The van der Waals surface area contributed by atoms with Crippen LogP contribution in [0.3, 0.4) is 0 Å². The van der Waals surface area contributed by atoms with E-state index in [-0.39, 0.29) is 17.4 Å². The number of amides is 1. The summed E-state index contributed by atoms with van der Waals surface area (Å²) in [6.45, 7) is 0.718. The maximum atomic E-state index is 11.9. The van der Waals surface area contributed by atoms with Gasteiger partial charge in [0.05, 0.1) is 11.0 Å². The van der Waals surface area contributed by atoms with Gasteiger partial charge in [-0.25, -0.2) is 13.1 Å². The van der Waals surface area contributed by atoms with Gasteiger partial charge in [0.2, 0.25) is 5.91 Å². The van der Waals surface area contributed by atoms with Gasteiger partial charge in [0.15, 0.2) is 0 Å². The van der Waals surface area contributed by atoms with E-state index in [0.29, 0.717) is 11.4 Å². The highest BCUT2D eigenvalue weighted by molar-refractivity contribution is 7.90. The van der Waals surface area contributed by atoms with Crippen LogP contribution in [0.2, 0.25) is 5.02 Å². The van der Waals surface area contributed by atoms with E-state index in [2.05, 4.69) is 4.72 Å². The van der Waals surface area contributed by atoms with Crippen LogP contribution >= 0.6 is 11.6 Å². The minimum atomic E-state index is -3.82. The second-order valence-corrected chi connectivity index (χ2v) is 6.78. The predicted octanol–water partition coefficient (Wildman–Crippen LogP) is 2.10. The van der Waals surface area contributed by atoms with E-state index in [0.717, 1.165) is 19.4 Å². The van der Waals surface area contributed by atoms with Crippen LogP contribution in [-0.4, -0.2) is 27.0 Å². The molecule has 0 aliphatic carbocycles. The minimum absolute atomic E-state index is 0.0207. The van der Waals surface area contributed by atoms with Crippen LogP contribution in [-0.2, 0) is 19.6 Å². The Morgan fingerprint density at radius 3 is 2.65 bits per heavy atom. The summed E-state index contributed by atoms with van der Waals surface area (Å²) in [5.41, 5.74) is 0. The molecule has 7 heteroatoms. The summed E-state index contributed by atoms with van der Waals surface area (Å²) in [6.07, 6.45) is 2.67. The van der Waals surface area contributed by atoms with Crippen molar-refractivity contribution in [1.82, 2.24) is 4.72 Å². The summed E-state index contributed by atoms with van der Waals surface area (Å²) >= 11 is 5.69. The lowest BCUT2D eigenvalue weighted by Crippen LogP contribution is -2.31. The first kappa shape index (κ1) is 15.3. The van der Waals surface area contributed by atoms with Crippen molar-refractivity contribution in [3.05, 3.63) is 29.3 Å². The molecule has 1 aromatic carbocycles. The second-order valence-electron chi connectivity index (χ2n) is 4.66. The van der Waals surface area contributed by atoms with Gasteiger partial charge in [-0.15, -0.1) is 0 Å². The molecule has 1 amide bonds. The number of ether oxygens (including phenoxy) is 1. The van der Waals surface area contributed by atoms with Crippen molar-refractivity contribution < 1.29 is 17.9 Å². The van der Waals surface area contributed by atoms with E-state index < -0.39 is 15.9 Å². The first-order chi connectivity index (χ1) is 9.47. The van der Waals surface area contributed by atoms with Crippen molar-refractivity contribution in [1.29, 1.82) is 0 Å². The van der Waals surface area contributed by atoms with Crippen LogP contribution in [0.4, 0.5) is 0 Å². The highest BCUT2D eigenvalue weighted by Crippen LogP contribution is 2.17. The Morgan fingerprint density at radius 2 is 2.05 bits per heavy atom. The molecular formula is C13H16ClNO4S. The monoisotopic (exact) mass is 317 g/mol. The molecule has 1 atom stereocenters. The van der Waals surface area contributed by atoms with Crippen molar-refractivity contribution in [2.45, 2.75) is 36.7 Å². The SMILES string of the molecule is O=C(CCC1CCCO1)NS(=O)(=O)c1ccc(Cl)cc1. The third-order valence-corrected chi connectivity index (χ3v) is 4.73. The Morgan fingerprint density at radius 1 is 1.35 bits per heavy atom. The van der Waals surface area contributed by atoms with Gasteiger partial charge in [0.1, 0.15) is 0 Å². The van der Waals surface area contributed by atoms with Crippen LogP contribution in [0.1, 0.15) is 25.7 Å². The number of halogens is 1. The van der Waals surface area contributed by atoms with E-state index >= 15 is 0 Å². The van der Waals surface area contributed by atoms with Crippen molar-refractivity contribution in [3.63, 3.8) is 0 Å². The molecule has 1 aliphatic rings. The van der Waals surface area contributed by atoms with Gasteiger partial charge in [-0.3, -0.25) is 4.79 Å². The van der Waals surface area contributed by atoms with Crippen molar-refractivity contribution in [2.24, 2.45) is 0 Å². The van der Waals surface area contributed by atoms with E-state index in [1.54, 1.807) is 0 Å². The molecule has 110 valence electrons. The lowest BCUT2D eigenvalue weighted by atomic mass is 10.1. The molecule has 1 aromatic rings. The maximum Gasteiger partial charge on any atom is 0.264 e. The summed E-state index contributed by atoms with van der Waals surface area (Å²) in [7, 11) is -3.82. The molecule has 1 fully saturated rings. The van der Waals surface area contributed by atoms with Gasteiger partial charge >= 0.3 is 0 Å². The number of carbonyl (C=O) groups excluding carboxylic acids is 1. The van der Waals surface area contributed by atoms with Crippen LogP contribution in [0, 0.1) is 0 Å². The topological polar surface area (TPSA) is 72.5 Å². The summed E-state index contributed by atoms with van der Waals surface area (Å²) < 4.78 is 31.3. The zero-order chi connectivity index (χ0) is 14.6. The van der Waals surface area contributed by atoms with Crippen LogP contribution in [0.15, 0.2) is 29.2 Å². The molecule has 0 aromatic heterocycles. The van der Waals surface area contributed by atoms with Crippen molar-refractivity contribution >= 4 is 27.5 Å². The number of sulfonamides is 1. The van der Waals surface area contributed by atoms with Crippen molar-refractivity contribution in [2.75, 3.05) is 6.61 Å². The Kier molecular flexibility index (Phi) is 5.01. The number of carbonyl (C=O) groups is 1. The quantitative estimate of drug-likeness (QED) is 0.902. The van der Waals surface area contributed by atoms with E-state index in [1.165, 1.54) is 24.3 Å². The third-order valence-electron chi connectivity index (χ3n) is 3.09. The van der Waals surface area contributed by atoms with E-state index in [1.807, 2.05) is 0 Å². The standard InChI is InChI=1S/C13H16ClNO4S/c14-10-3-6-12(7-4-10)20(17,18)15-13(16)8-5-11-2-1-9-19-11/h3-4,6-7,11H,1-2,5,8-9H2,(H,15,16). The molecule has 0 radical (unpaired) electrons. The normalized spacial score (nSPS) is 18.9. The smallest absolute Gasteiger partial charge is 0.264 e. The molecule has 1 unspecified atom stereocenters. The lowest BCUT2D eigenvalue weighted by molar-refractivity contribution is -0.119. The molecule has 0 saturated carbocycles. The van der Waals surface area contributed by atoms with E-state index in [4.69, 9.17) is 16.3 Å². The second kappa shape index (κ2) is 6.56. The fraction of sp³-hybridized carbons (Fsp3) is 0.462. The number of hydrogen-bond donors (Lipinski definition) is 1. The minimum Gasteiger partial charge on any atom is -0.378 e. The van der Waals surface area contributed by atoms with Gasteiger partial charge in [-0.05, 0) is 43.5 Å². The molecular weight excluding hydrogens is 302 g/mol. The number of nitrogens with one attached hydrogen (secondary N) is 1. The van der Waals surface area contributed by atoms with Gasteiger partial charge < -0.3 is 4.74 Å². The van der Waals surface area contributed by atoms with Crippen molar-refractivity contribution in [3.8, 4) is 0 Å².